The van der Waals surface area contributed by atoms with Gasteiger partial charge >= 0.3 is 0 Å². The van der Waals surface area contributed by atoms with Gasteiger partial charge in [0, 0.05) is 10.5 Å². The van der Waals surface area contributed by atoms with E-state index in [4.69, 9.17) is 5.11 Å². The van der Waals surface area contributed by atoms with Crippen LogP contribution in [0.5, 0.6) is 0 Å². The SMILES string of the molecule is CC1CCCCC1NS(=O)(=O)c1ccc(CO)cc1Br. The van der Waals surface area contributed by atoms with E-state index < -0.39 is 10.0 Å². The first kappa shape index (κ1) is 15.9. The van der Waals surface area contributed by atoms with Gasteiger partial charge in [-0.05, 0) is 52.4 Å². The normalized spacial score (nSPS) is 23.8. The van der Waals surface area contributed by atoms with Crippen molar-refractivity contribution in [3.8, 4) is 0 Å². The highest BCUT2D eigenvalue weighted by Crippen LogP contribution is 2.28. The van der Waals surface area contributed by atoms with E-state index in [1.54, 1.807) is 12.1 Å². The molecule has 4 nitrogen and oxygen atoms in total. The summed E-state index contributed by atoms with van der Waals surface area (Å²) < 4.78 is 28.2. The lowest BCUT2D eigenvalue weighted by molar-refractivity contribution is 0.281. The molecule has 20 heavy (non-hydrogen) atoms. The van der Waals surface area contributed by atoms with Gasteiger partial charge in [0.2, 0.25) is 10.0 Å². The standard InChI is InChI=1S/C14H20BrNO3S/c1-10-4-2-3-5-13(10)16-20(18,19)14-7-6-11(9-17)8-12(14)15/h6-8,10,13,16-17H,2-5,9H2,1H3. The number of sulfonamides is 1. The second-order valence-corrected chi connectivity index (χ2v) is 7.95. The smallest absolute Gasteiger partial charge is 0.241 e. The van der Waals surface area contributed by atoms with Crippen LogP contribution in [0.1, 0.15) is 38.2 Å². The predicted molar refractivity (Wildman–Crippen MR) is 81.8 cm³/mol. The van der Waals surface area contributed by atoms with Gasteiger partial charge in [0.25, 0.3) is 0 Å². The van der Waals surface area contributed by atoms with E-state index in [0.29, 0.717) is 16.0 Å². The largest absolute Gasteiger partial charge is 0.392 e. The third kappa shape index (κ3) is 3.61. The summed E-state index contributed by atoms with van der Waals surface area (Å²) in [6.07, 6.45) is 4.21. The van der Waals surface area contributed by atoms with Crippen molar-refractivity contribution in [1.29, 1.82) is 0 Å². The number of nitrogens with one attached hydrogen (secondary N) is 1. The first-order valence-electron chi connectivity index (χ1n) is 6.85. The van der Waals surface area contributed by atoms with E-state index in [2.05, 4.69) is 27.6 Å². The maximum atomic E-state index is 12.5. The zero-order valence-electron chi connectivity index (χ0n) is 11.5. The van der Waals surface area contributed by atoms with Crippen LogP contribution in [-0.2, 0) is 16.6 Å². The van der Waals surface area contributed by atoms with Crippen LogP contribution in [0.4, 0.5) is 0 Å². The molecule has 1 saturated carbocycles. The first-order chi connectivity index (χ1) is 9.44. The average Bonchev–Trinajstić information content (AvgIpc) is 2.40. The Morgan fingerprint density at radius 3 is 2.65 bits per heavy atom. The maximum absolute atomic E-state index is 12.5. The number of rotatable bonds is 4. The molecule has 0 radical (unpaired) electrons. The molecule has 6 heteroatoms. The van der Waals surface area contributed by atoms with E-state index in [1.807, 2.05) is 0 Å². The highest BCUT2D eigenvalue weighted by molar-refractivity contribution is 9.10. The Bertz CT molecular complexity index is 574. The molecule has 0 bridgehead atoms. The van der Waals surface area contributed by atoms with Crippen LogP contribution < -0.4 is 4.72 Å². The molecule has 1 aromatic carbocycles. The molecule has 1 aromatic rings. The zero-order valence-corrected chi connectivity index (χ0v) is 13.9. The minimum Gasteiger partial charge on any atom is -0.392 e. The van der Waals surface area contributed by atoms with Crippen LogP contribution in [-0.4, -0.2) is 19.6 Å². The number of aliphatic hydroxyl groups is 1. The van der Waals surface area contributed by atoms with Crippen LogP contribution in [0.25, 0.3) is 0 Å². The maximum Gasteiger partial charge on any atom is 0.241 e. The summed E-state index contributed by atoms with van der Waals surface area (Å²) in [6.45, 7) is 1.99. The van der Waals surface area contributed by atoms with Crippen LogP contribution in [0.3, 0.4) is 0 Å². The Labute approximate surface area is 128 Å². The summed E-state index contributed by atoms with van der Waals surface area (Å²) in [5.74, 6) is 0.369. The molecule has 0 amide bonds. The van der Waals surface area contributed by atoms with E-state index in [1.165, 1.54) is 12.5 Å². The third-order valence-electron chi connectivity index (χ3n) is 3.89. The Balaban J connectivity index is 2.21. The Morgan fingerprint density at radius 1 is 1.35 bits per heavy atom. The second-order valence-electron chi connectivity index (χ2n) is 5.41. The fourth-order valence-electron chi connectivity index (χ4n) is 2.61. The summed E-state index contributed by atoms with van der Waals surface area (Å²) in [5.41, 5.74) is 0.682. The van der Waals surface area contributed by atoms with Gasteiger partial charge in [-0.3, -0.25) is 0 Å². The molecule has 2 N–H and O–H groups in total. The number of hydrogen-bond donors (Lipinski definition) is 2. The van der Waals surface area contributed by atoms with E-state index >= 15 is 0 Å². The second kappa shape index (κ2) is 6.56. The van der Waals surface area contributed by atoms with Crippen molar-refractivity contribution in [3.05, 3.63) is 28.2 Å². The van der Waals surface area contributed by atoms with Crippen LogP contribution >= 0.6 is 15.9 Å². The van der Waals surface area contributed by atoms with Crippen molar-refractivity contribution < 1.29 is 13.5 Å². The van der Waals surface area contributed by atoms with Gasteiger partial charge in [-0.1, -0.05) is 25.8 Å². The average molecular weight is 362 g/mol. The van der Waals surface area contributed by atoms with Crippen LogP contribution in [0.15, 0.2) is 27.6 Å². The molecule has 2 atom stereocenters. The molecule has 1 aliphatic rings. The summed E-state index contributed by atoms with van der Waals surface area (Å²) in [6, 6.07) is 4.81. The topological polar surface area (TPSA) is 66.4 Å². The quantitative estimate of drug-likeness (QED) is 0.866. The Morgan fingerprint density at radius 2 is 2.05 bits per heavy atom. The Kier molecular flexibility index (Phi) is 5.23. The van der Waals surface area contributed by atoms with Gasteiger partial charge in [0.05, 0.1) is 11.5 Å². The van der Waals surface area contributed by atoms with Gasteiger partial charge in [0.15, 0.2) is 0 Å². The van der Waals surface area contributed by atoms with E-state index in [-0.39, 0.29) is 17.5 Å². The number of halogens is 1. The Hall–Kier alpha value is -0.430. The molecule has 0 heterocycles. The zero-order chi connectivity index (χ0) is 14.8. The lowest BCUT2D eigenvalue weighted by Gasteiger charge is -2.29. The number of hydrogen-bond acceptors (Lipinski definition) is 3. The number of benzene rings is 1. The van der Waals surface area contributed by atoms with Crippen molar-refractivity contribution in [2.45, 2.75) is 50.2 Å². The highest BCUT2D eigenvalue weighted by Gasteiger charge is 2.27. The summed E-state index contributed by atoms with van der Waals surface area (Å²) >= 11 is 3.27. The predicted octanol–water partition coefficient (Wildman–Crippen LogP) is 2.80. The van der Waals surface area contributed by atoms with Crippen LogP contribution in [0.2, 0.25) is 0 Å². The van der Waals surface area contributed by atoms with Gasteiger partial charge in [-0.25, -0.2) is 13.1 Å². The van der Waals surface area contributed by atoms with Gasteiger partial charge < -0.3 is 5.11 Å². The fourth-order valence-corrected chi connectivity index (χ4v) is 5.12. The molecule has 0 aliphatic heterocycles. The molecule has 1 aliphatic carbocycles. The monoisotopic (exact) mass is 361 g/mol. The van der Waals surface area contributed by atoms with Crippen molar-refractivity contribution >= 4 is 26.0 Å². The highest BCUT2D eigenvalue weighted by atomic mass is 79.9. The minimum atomic E-state index is -3.53. The van der Waals surface area contributed by atoms with Crippen molar-refractivity contribution in [2.75, 3.05) is 0 Å². The lowest BCUT2D eigenvalue weighted by atomic mass is 9.87. The molecule has 112 valence electrons. The van der Waals surface area contributed by atoms with Crippen LogP contribution in [0, 0.1) is 5.92 Å². The fraction of sp³-hybridized carbons (Fsp3) is 0.571. The molecule has 2 rings (SSSR count). The molecule has 1 fully saturated rings. The lowest BCUT2D eigenvalue weighted by Crippen LogP contribution is -2.41. The minimum absolute atomic E-state index is 0.0122. The van der Waals surface area contributed by atoms with Crippen molar-refractivity contribution in [1.82, 2.24) is 4.72 Å². The molecule has 0 saturated heterocycles. The molecular weight excluding hydrogens is 342 g/mol. The molecular formula is C14H20BrNO3S. The summed E-state index contributed by atoms with van der Waals surface area (Å²) in [7, 11) is -3.53. The molecule has 2 unspecified atom stereocenters. The third-order valence-corrected chi connectivity index (χ3v) is 6.35. The number of aliphatic hydroxyl groups excluding tert-OH is 1. The first-order valence-corrected chi connectivity index (χ1v) is 9.13. The molecule has 0 aromatic heterocycles. The van der Waals surface area contributed by atoms with Crippen molar-refractivity contribution in [2.24, 2.45) is 5.92 Å². The van der Waals surface area contributed by atoms with Gasteiger partial charge in [0.1, 0.15) is 0 Å². The van der Waals surface area contributed by atoms with Gasteiger partial charge in [-0.2, -0.15) is 0 Å². The van der Waals surface area contributed by atoms with Gasteiger partial charge in [-0.15, -0.1) is 0 Å². The van der Waals surface area contributed by atoms with E-state index in [0.717, 1.165) is 19.3 Å². The summed E-state index contributed by atoms with van der Waals surface area (Å²) in [4.78, 5) is 0.229. The van der Waals surface area contributed by atoms with E-state index in [9.17, 15) is 8.42 Å². The molecule has 0 spiro atoms. The van der Waals surface area contributed by atoms with Crippen molar-refractivity contribution in [3.63, 3.8) is 0 Å². The summed E-state index contributed by atoms with van der Waals surface area (Å²) in [5, 5.41) is 9.07.